The van der Waals surface area contributed by atoms with Gasteiger partial charge < -0.3 is 9.47 Å². The molecule has 1 saturated heterocycles. The number of halogens is 2. The Morgan fingerprint density at radius 1 is 1.12 bits per heavy atom. The SMILES string of the molecule is Cc1nc(Cl)c2nc(-c3ccccc3Cl)n(CCN3CCCC3=O)c2n1. The number of nitrogens with zero attached hydrogens (tertiary/aromatic N) is 5. The van der Waals surface area contributed by atoms with Gasteiger partial charge in [-0.25, -0.2) is 15.0 Å². The van der Waals surface area contributed by atoms with Crippen LogP contribution in [-0.2, 0) is 11.3 Å². The average Bonchev–Trinajstić information content (AvgIpc) is 3.17. The number of hydrogen-bond acceptors (Lipinski definition) is 4. The Morgan fingerprint density at radius 2 is 1.92 bits per heavy atom. The molecule has 0 saturated carbocycles. The summed E-state index contributed by atoms with van der Waals surface area (Å²) in [6.45, 7) is 3.75. The van der Waals surface area contributed by atoms with Crippen LogP contribution >= 0.6 is 23.2 Å². The predicted octanol–water partition coefficient (Wildman–Crippen LogP) is 3.73. The van der Waals surface area contributed by atoms with Gasteiger partial charge in [0.15, 0.2) is 10.8 Å². The summed E-state index contributed by atoms with van der Waals surface area (Å²) in [6.07, 6.45) is 1.53. The summed E-state index contributed by atoms with van der Waals surface area (Å²) in [4.78, 5) is 27.2. The molecule has 1 amide bonds. The number of aryl methyl sites for hydroxylation is 1. The second-order valence-electron chi connectivity index (χ2n) is 6.29. The second-order valence-corrected chi connectivity index (χ2v) is 7.05. The molecule has 0 bridgehead atoms. The van der Waals surface area contributed by atoms with Crippen LogP contribution in [-0.4, -0.2) is 43.4 Å². The number of carbonyl (C=O) groups excluding carboxylic acids is 1. The normalized spacial score (nSPS) is 14.6. The van der Waals surface area contributed by atoms with Crippen LogP contribution in [0.15, 0.2) is 24.3 Å². The van der Waals surface area contributed by atoms with Crippen molar-refractivity contribution in [3.05, 3.63) is 40.3 Å². The van der Waals surface area contributed by atoms with Gasteiger partial charge in [-0.2, -0.15) is 0 Å². The molecule has 0 spiro atoms. The lowest BCUT2D eigenvalue weighted by molar-refractivity contribution is -0.127. The van der Waals surface area contributed by atoms with E-state index in [2.05, 4.69) is 15.0 Å². The number of rotatable bonds is 4. The molecule has 2 aromatic heterocycles. The predicted molar refractivity (Wildman–Crippen MR) is 101 cm³/mol. The van der Waals surface area contributed by atoms with E-state index < -0.39 is 0 Å². The fourth-order valence-corrected chi connectivity index (χ4v) is 3.76. The second kappa shape index (κ2) is 6.85. The molecule has 134 valence electrons. The highest BCUT2D eigenvalue weighted by Crippen LogP contribution is 2.31. The molecule has 1 aliphatic rings. The van der Waals surface area contributed by atoms with Gasteiger partial charge in [0.1, 0.15) is 17.2 Å². The minimum absolute atomic E-state index is 0.192. The summed E-state index contributed by atoms with van der Waals surface area (Å²) in [5.74, 6) is 1.45. The highest BCUT2D eigenvalue weighted by Gasteiger charge is 2.23. The Labute approximate surface area is 160 Å². The largest absolute Gasteiger partial charge is 0.341 e. The molecule has 0 radical (unpaired) electrons. The van der Waals surface area contributed by atoms with Crippen LogP contribution < -0.4 is 0 Å². The van der Waals surface area contributed by atoms with Crippen molar-refractivity contribution in [2.24, 2.45) is 0 Å². The zero-order chi connectivity index (χ0) is 18.3. The maximum Gasteiger partial charge on any atom is 0.222 e. The van der Waals surface area contributed by atoms with E-state index in [1.807, 2.05) is 33.7 Å². The van der Waals surface area contributed by atoms with Gasteiger partial charge in [-0.15, -0.1) is 0 Å². The lowest BCUT2D eigenvalue weighted by Crippen LogP contribution is -2.28. The molecule has 1 aliphatic heterocycles. The van der Waals surface area contributed by atoms with Crippen LogP contribution in [0, 0.1) is 6.92 Å². The van der Waals surface area contributed by atoms with Crippen molar-refractivity contribution in [3.63, 3.8) is 0 Å². The number of carbonyl (C=O) groups is 1. The fraction of sp³-hybridized carbons (Fsp3) is 0.333. The maximum atomic E-state index is 11.9. The summed E-state index contributed by atoms with van der Waals surface area (Å²) >= 11 is 12.7. The van der Waals surface area contributed by atoms with E-state index in [9.17, 15) is 4.79 Å². The van der Waals surface area contributed by atoms with Crippen molar-refractivity contribution < 1.29 is 4.79 Å². The van der Waals surface area contributed by atoms with Crippen LogP contribution in [0.4, 0.5) is 0 Å². The van der Waals surface area contributed by atoms with Crippen LogP contribution in [0.1, 0.15) is 18.7 Å². The minimum atomic E-state index is 0.192. The van der Waals surface area contributed by atoms with Crippen molar-refractivity contribution in [2.75, 3.05) is 13.1 Å². The van der Waals surface area contributed by atoms with Crippen molar-refractivity contribution in [2.45, 2.75) is 26.3 Å². The number of amides is 1. The third-order valence-electron chi connectivity index (χ3n) is 4.54. The lowest BCUT2D eigenvalue weighted by atomic mass is 10.2. The van der Waals surface area contributed by atoms with Gasteiger partial charge in [-0.3, -0.25) is 4.79 Å². The maximum absolute atomic E-state index is 11.9. The molecule has 6 nitrogen and oxygen atoms in total. The first kappa shape index (κ1) is 17.2. The van der Waals surface area contributed by atoms with Gasteiger partial charge in [0.05, 0.1) is 5.02 Å². The Hall–Kier alpha value is -2.18. The van der Waals surface area contributed by atoms with E-state index >= 15 is 0 Å². The van der Waals surface area contributed by atoms with Gasteiger partial charge >= 0.3 is 0 Å². The number of aromatic nitrogens is 4. The molecule has 8 heteroatoms. The Balaban J connectivity index is 1.83. The van der Waals surface area contributed by atoms with Gasteiger partial charge in [0.25, 0.3) is 0 Å². The summed E-state index contributed by atoms with van der Waals surface area (Å²) in [7, 11) is 0. The van der Waals surface area contributed by atoms with E-state index in [-0.39, 0.29) is 5.91 Å². The minimum Gasteiger partial charge on any atom is -0.341 e. The van der Waals surface area contributed by atoms with E-state index in [4.69, 9.17) is 23.2 Å². The summed E-state index contributed by atoms with van der Waals surface area (Å²) in [5.41, 5.74) is 2.00. The molecule has 1 aromatic carbocycles. The summed E-state index contributed by atoms with van der Waals surface area (Å²) < 4.78 is 1.97. The van der Waals surface area contributed by atoms with Crippen LogP contribution in [0.3, 0.4) is 0 Å². The third kappa shape index (κ3) is 3.04. The summed E-state index contributed by atoms with van der Waals surface area (Å²) in [6, 6.07) is 7.52. The molecule has 4 rings (SSSR count). The number of fused-ring (bicyclic) bond motifs is 1. The average molecular weight is 390 g/mol. The van der Waals surface area contributed by atoms with Gasteiger partial charge in [0.2, 0.25) is 5.91 Å². The van der Waals surface area contributed by atoms with Crippen molar-refractivity contribution in [3.8, 4) is 11.4 Å². The molecule has 26 heavy (non-hydrogen) atoms. The van der Waals surface area contributed by atoms with Gasteiger partial charge in [-0.1, -0.05) is 35.3 Å². The molecular weight excluding hydrogens is 373 g/mol. The number of benzene rings is 1. The Bertz CT molecular complexity index is 1000. The topological polar surface area (TPSA) is 63.9 Å². The van der Waals surface area contributed by atoms with E-state index in [0.29, 0.717) is 52.5 Å². The van der Waals surface area contributed by atoms with Crippen LogP contribution in [0.25, 0.3) is 22.6 Å². The van der Waals surface area contributed by atoms with Gasteiger partial charge in [-0.05, 0) is 25.5 Å². The molecular formula is C18H17Cl2N5O. The molecule has 0 N–H and O–H groups in total. The lowest BCUT2D eigenvalue weighted by Gasteiger charge is -2.17. The zero-order valence-corrected chi connectivity index (χ0v) is 15.8. The highest BCUT2D eigenvalue weighted by molar-refractivity contribution is 6.34. The Morgan fingerprint density at radius 3 is 2.65 bits per heavy atom. The van der Waals surface area contributed by atoms with E-state index in [1.165, 1.54) is 0 Å². The van der Waals surface area contributed by atoms with Crippen LogP contribution in [0.5, 0.6) is 0 Å². The molecule has 0 aliphatic carbocycles. The standard InChI is InChI=1S/C18H17Cl2N5O/c1-11-21-16(20)15-18(22-11)25(10-9-24-8-4-7-14(24)26)17(23-15)12-5-2-3-6-13(12)19/h2-3,5-6H,4,7-10H2,1H3. The smallest absolute Gasteiger partial charge is 0.222 e. The van der Waals surface area contributed by atoms with E-state index in [0.717, 1.165) is 18.5 Å². The quantitative estimate of drug-likeness (QED) is 0.637. The molecule has 0 atom stereocenters. The van der Waals surface area contributed by atoms with Crippen LogP contribution in [0.2, 0.25) is 10.2 Å². The van der Waals surface area contributed by atoms with E-state index in [1.54, 1.807) is 6.92 Å². The third-order valence-corrected chi connectivity index (χ3v) is 5.14. The first-order valence-electron chi connectivity index (χ1n) is 8.47. The monoisotopic (exact) mass is 389 g/mol. The van der Waals surface area contributed by atoms with Gasteiger partial charge in [0, 0.05) is 31.6 Å². The molecule has 3 aromatic rings. The molecule has 0 unspecified atom stereocenters. The van der Waals surface area contributed by atoms with Crippen molar-refractivity contribution in [1.29, 1.82) is 0 Å². The highest BCUT2D eigenvalue weighted by atomic mass is 35.5. The Kier molecular flexibility index (Phi) is 4.54. The zero-order valence-electron chi connectivity index (χ0n) is 14.2. The summed E-state index contributed by atoms with van der Waals surface area (Å²) in [5, 5.41) is 0.916. The first-order chi connectivity index (χ1) is 12.5. The number of hydrogen-bond donors (Lipinski definition) is 0. The molecule has 3 heterocycles. The first-order valence-corrected chi connectivity index (χ1v) is 9.23. The fourth-order valence-electron chi connectivity index (χ4n) is 3.29. The van der Waals surface area contributed by atoms with Crippen molar-refractivity contribution in [1.82, 2.24) is 24.4 Å². The molecule has 1 fully saturated rings. The van der Waals surface area contributed by atoms with Crippen molar-refractivity contribution >= 4 is 40.3 Å². The number of imidazole rings is 1. The number of likely N-dealkylation sites (tertiary alicyclic amines) is 1.